The molecular formula is C19H19FN2O4. The van der Waals surface area contributed by atoms with Crippen LogP contribution in [0.15, 0.2) is 42.5 Å². The van der Waals surface area contributed by atoms with Gasteiger partial charge in [-0.15, -0.1) is 0 Å². The zero-order valence-corrected chi connectivity index (χ0v) is 14.5. The third-order valence-electron chi connectivity index (χ3n) is 4.30. The number of ether oxygens (including phenoxy) is 2. The molecule has 1 unspecified atom stereocenters. The van der Waals surface area contributed by atoms with Crippen LogP contribution in [0.5, 0.6) is 11.5 Å². The van der Waals surface area contributed by atoms with Gasteiger partial charge in [0.1, 0.15) is 28.9 Å². The van der Waals surface area contributed by atoms with Crippen LogP contribution in [0.25, 0.3) is 0 Å². The molecule has 1 heterocycles. The Morgan fingerprint density at radius 2 is 1.73 bits per heavy atom. The minimum atomic E-state index is -0.855. The van der Waals surface area contributed by atoms with E-state index in [2.05, 4.69) is 5.32 Å². The summed E-state index contributed by atoms with van der Waals surface area (Å²) in [6.07, 6.45) is 0. The highest BCUT2D eigenvalue weighted by molar-refractivity contribution is 6.02. The second-order valence-electron chi connectivity index (χ2n) is 5.78. The number of amides is 2. The molecule has 2 amide bonds. The summed E-state index contributed by atoms with van der Waals surface area (Å²) in [5, 5.41) is 2.75. The molecule has 1 aliphatic heterocycles. The Morgan fingerprint density at radius 1 is 1.12 bits per heavy atom. The second-order valence-corrected chi connectivity index (χ2v) is 5.78. The average molecular weight is 358 g/mol. The summed E-state index contributed by atoms with van der Waals surface area (Å²) >= 11 is 0. The van der Waals surface area contributed by atoms with Crippen molar-refractivity contribution in [1.82, 2.24) is 10.2 Å². The van der Waals surface area contributed by atoms with Gasteiger partial charge in [-0.05, 0) is 29.8 Å². The largest absolute Gasteiger partial charge is 0.496 e. The molecule has 6 nitrogen and oxygen atoms in total. The molecule has 0 spiro atoms. The van der Waals surface area contributed by atoms with Crippen LogP contribution in [0.1, 0.15) is 22.0 Å². The predicted octanol–water partition coefficient (Wildman–Crippen LogP) is 2.16. The molecule has 26 heavy (non-hydrogen) atoms. The Kier molecular flexibility index (Phi) is 5.06. The SMILES string of the molecule is COc1cccc(OC)c1C(=O)N1CCNC(=O)C1c1ccc(F)cc1. The summed E-state index contributed by atoms with van der Waals surface area (Å²) in [7, 11) is 2.93. The fourth-order valence-electron chi connectivity index (χ4n) is 3.07. The number of nitrogens with zero attached hydrogens (tertiary/aromatic N) is 1. The minimum Gasteiger partial charge on any atom is -0.496 e. The van der Waals surface area contributed by atoms with Gasteiger partial charge < -0.3 is 19.7 Å². The van der Waals surface area contributed by atoms with Crippen LogP contribution in [-0.2, 0) is 4.79 Å². The lowest BCUT2D eigenvalue weighted by Crippen LogP contribution is -2.52. The molecule has 1 saturated heterocycles. The molecular weight excluding hydrogens is 339 g/mol. The summed E-state index contributed by atoms with van der Waals surface area (Å²) in [5.74, 6) is -0.390. The number of rotatable bonds is 4. The van der Waals surface area contributed by atoms with Gasteiger partial charge in [0.2, 0.25) is 5.91 Å². The third-order valence-corrected chi connectivity index (χ3v) is 4.30. The lowest BCUT2D eigenvalue weighted by atomic mass is 10.0. The highest BCUT2D eigenvalue weighted by Gasteiger charge is 2.36. The molecule has 2 aromatic carbocycles. The quantitative estimate of drug-likeness (QED) is 0.909. The van der Waals surface area contributed by atoms with E-state index in [1.165, 1.54) is 43.4 Å². The zero-order valence-electron chi connectivity index (χ0n) is 14.5. The number of carbonyl (C=O) groups is 2. The number of methoxy groups -OCH3 is 2. The van der Waals surface area contributed by atoms with E-state index in [0.717, 1.165) is 0 Å². The van der Waals surface area contributed by atoms with E-state index in [-0.39, 0.29) is 17.4 Å². The second kappa shape index (κ2) is 7.43. The molecule has 1 N–H and O–H groups in total. The van der Waals surface area contributed by atoms with E-state index in [9.17, 15) is 14.0 Å². The van der Waals surface area contributed by atoms with Gasteiger partial charge in [0.25, 0.3) is 5.91 Å². The van der Waals surface area contributed by atoms with E-state index in [4.69, 9.17) is 9.47 Å². The van der Waals surface area contributed by atoms with E-state index in [0.29, 0.717) is 30.2 Å². The zero-order chi connectivity index (χ0) is 18.7. The molecule has 0 aliphatic carbocycles. The Morgan fingerprint density at radius 3 is 2.31 bits per heavy atom. The fraction of sp³-hybridized carbons (Fsp3) is 0.263. The minimum absolute atomic E-state index is 0.249. The summed E-state index contributed by atoms with van der Waals surface area (Å²) in [6, 6.07) is 9.72. The van der Waals surface area contributed by atoms with E-state index in [1.807, 2.05) is 0 Å². The fourth-order valence-corrected chi connectivity index (χ4v) is 3.07. The number of nitrogens with one attached hydrogen (secondary N) is 1. The highest BCUT2D eigenvalue weighted by Crippen LogP contribution is 2.33. The molecule has 0 bridgehead atoms. The molecule has 1 atom stereocenters. The van der Waals surface area contributed by atoms with Gasteiger partial charge >= 0.3 is 0 Å². The van der Waals surface area contributed by atoms with Crippen molar-refractivity contribution in [2.24, 2.45) is 0 Å². The van der Waals surface area contributed by atoms with Gasteiger partial charge in [-0.3, -0.25) is 9.59 Å². The maximum atomic E-state index is 13.3. The Balaban J connectivity index is 2.04. The lowest BCUT2D eigenvalue weighted by Gasteiger charge is -2.35. The smallest absolute Gasteiger partial charge is 0.262 e. The van der Waals surface area contributed by atoms with E-state index < -0.39 is 11.9 Å². The van der Waals surface area contributed by atoms with Gasteiger partial charge in [0, 0.05) is 13.1 Å². The van der Waals surface area contributed by atoms with Crippen LogP contribution in [-0.4, -0.2) is 44.0 Å². The van der Waals surface area contributed by atoms with Crippen molar-refractivity contribution in [2.75, 3.05) is 27.3 Å². The summed E-state index contributed by atoms with van der Waals surface area (Å²) in [5.41, 5.74) is 0.783. The van der Waals surface area contributed by atoms with Crippen LogP contribution in [0.2, 0.25) is 0 Å². The standard InChI is InChI=1S/C19H19FN2O4/c1-25-14-4-3-5-15(26-2)16(14)19(24)22-11-10-21-18(23)17(22)12-6-8-13(20)9-7-12/h3-9,17H,10-11H2,1-2H3,(H,21,23). The number of benzene rings is 2. The summed E-state index contributed by atoms with van der Waals surface area (Å²) in [6.45, 7) is 0.646. The topological polar surface area (TPSA) is 67.9 Å². The third kappa shape index (κ3) is 3.20. The van der Waals surface area contributed by atoms with Crippen molar-refractivity contribution < 1.29 is 23.5 Å². The molecule has 0 radical (unpaired) electrons. The van der Waals surface area contributed by atoms with Crippen molar-refractivity contribution in [3.63, 3.8) is 0 Å². The van der Waals surface area contributed by atoms with Crippen LogP contribution in [0.3, 0.4) is 0 Å². The predicted molar refractivity (Wildman–Crippen MR) is 92.7 cm³/mol. The highest BCUT2D eigenvalue weighted by atomic mass is 19.1. The first-order valence-corrected chi connectivity index (χ1v) is 8.12. The summed E-state index contributed by atoms with van der Waals surface area (Å²) in [4.78, 5) is 27.2. The van der Waals surface area contributed by atoms with Gasteiger partial charge in [0.05, 0.1) is 14.2 Å². The van der Waals surface area contributed by atoms with Gasteiger partial charge in [0.15, 0.2) is 0 Å². The Hall–Kier alpha value is -3.09. The first-order valence-electron chi connectivity index (χ1n) is 8.12. The van der Waals surface area contributed by atoms with Crippen LogP contribution in [0, 0.1) is 5.82 Å². The number of carbonyl (C=O) groups excluding carboxylic acids is 2. The van der Waals surface area contributed by atoms with Crippen molar-refractivity contribution >= 4 is 11.8 Å². The first-order chi connectivity index (χ1) is 12.6. The summed E-state index contributed by atoms with van der Waals surface area (Å²) < 4.78 is 23.9. The van der Waals surface area contributed by atoms with E-state index >= 15 is 0 Å². The number of hydrogen-bond donors (Lipinski definition) is 1. The molecule has 1 aliphatic rings. The number of hydrogen-bond acceptors (Lipinski definition) is 4. The molecule has 3 rings (SSSR count). The maximum Gasteiger partial charge on any atom is 0.262 e. The first kappa shape index (κ1) is 17.7. The monoisotopic (exact) mass is 358 g/mol. The van der Waals surface area contributed by atoms with Crippen molar-refractivity contribution in [1.29, 1.82) is 0 Å². The average Bonchev–Trinajstić information content (AvgIpc) is 2.67. The molecule has 136 valence electrons. The van der Waals surface area contributed by atoms with Crippen molar-refractivity contribution in [3.05, 3.63) is 59.4 Å². The van der Waals surface area contributed by atoms with Gasteiger partial charge in [-0.1, -0.05) is 18.2 Å². The van der Waals surface area contributed by atoms with Crippen molar-refractivity contribution in [3.8, 4) is 11.5 Å². The molecule has 0 saturated carbocycles. The Labute approximate surface area is 150 Å². The van der Waals surface area contributed by atoms with Crippen LogP contribution in [0.4, 0.5) is 4.39 Å². The number of halogens is 1. The number of piperazine rings is 1. The molecule has 1 fully saturated rings. The van der Waals surface area contributed by atoms with E-state index in [1.54, 1.807) is 18.2 Å². The lowest BCUT2D eigenvalue weighted by molar-refractivity contribution is -0.128. The van der Waals surface area contributed by atoms with Crippen LogP contribution < -0.4 is 14.8 Å². The maximum absolute atomic E-state index is 13.3. The Bertz CT molecular complexity index is 801. The van der Waals surface area contributed by atoms with Crippen molar-refractivity contribution in [2.45, 2.75) is 6.04 Å². The molecule has 0 aromatic heterocycles. The van der Waals surface area contributed by atoms with Gasteiger partial charge in [-0.25, -0.2) is 4.39 Å². The molecule has 7 heteroatoms. The van der Waals surface area contributed by atoms with Gasteiger partial charge in [-0.2, -0.15) is 0 Å². The van der Waals surface area contributed by atoms with Crippen LogP contribution >= 0.6 is 0 Å². The normalized spacial score (nSPS) is 16.8. The molecule has 2 aromatic rings.